The van der Waals surface area contributed by atoms with Gasteiger partial charge in [-0.1, -0.05) is 30.3 Å². The maximum Gasteiger partial charge on any atom is 0.347 e. The molecule has 6 nitrogen and oxygen atoms in total. The number of hydrogen-bond donors (Lipinski definition) is 0. The second kappa shape index (κ2) is 7.11. The van der Waals surface area contributed by atoms with Crippen molar-refractivity contribution >= 4 is 23.5 Å². The first-order chi connectivity index (χ1) is 10.9. The molecule has 23 heavy (non-hydrogen) atoms. The van der Waals surface area contributed by atoms with Gasteiger partial charge in [-0.2, -0.15) is 5.10 Å². The Morgan fingerprint density at radius 2 is 1.91 bits per heavy atom. The molecule has 0 aliphatic heterocycles. The zero-order valence-corrected chi connectivity index (χ0v) is 13.5. The fourth-order valence-electron chi connectivity index (χ4n) is 1.87. The van der Waals surface area contributed by atoms with Crippen molar-refractivity contribution in [1.82, 2.24) is 9.78 Å². The predicted molar refractivity (Wildman–Crippen MR) is 84.4 cm³/mol. The largest absolute Gasteiger partial charge is 0.465 e. The van der Waals surface area contributed by atoms with Crippen LogP contribution >= 0.6 is 11.6 Å². The Morgan fingerprint density at radius 3 is 2.48 bits per heavy atom. The summed E-state index contributed by atoms with van der Waals surface area (Å²) in [7, 11) is 1.32. The number of aromatic nitrogens is 2. The molecule has 2 aromatic rings. The van der Waals surface area contributed by atoms with Gasteiger partial charge < -0.3 is 9.47 Å². The second-order valence-electron chi connectivity index (χ2n) is 4.79. The number of methoxy groups -OCH3 is 1. The van der Waals surface area contributed by atoms with Crippen molar-refractivity contribution in [2.45, 2.75) is 13.5 Å². The van der Waals surface area contributed by atoms with Gasteiger partial charge >= 0.3 is 11.9 Å². The number of carbonyl (C=O) groups is 2. The molecule has 7 heteroatoms. The molecule has 0 aliphatic carbocycles. The molecule has 0 bridgehead atoms. The second-order valence-corrected chi connectivity index (χ2v) is 5.14. The van der Waals surface area contributed by atoms with Gasteiger partial charge in [-0.05, 0) is 24.6 Å². The van der Waals surface area contributed by atoms with Gasteiger partial charge in [-0.3, -0.25) is 0 Å². The van der Waals surface area contributed by atoms with Crippen LogP contribution in [-0.4, -0.2) is 28.8 Å². The normalized spacial score (nSPS) is 10.2. The SMILES string of the molecule is C=C(C)OC(=O)c1cnn(Cc2ccc(C(=O)OC)cc2)c1Cl. The highest BCUT2D eigenvalue weighted by atomic mass is 35.5. The van der Waals surface area contributed by atoms with Gasteiger partial charge in [0.1, 0.15) is 10.7 Å². The van der Waals surface area contributed by atoms with Gasteiger partial charge in [0.05, 0.1) is 31.2 Å². The van der Waals surface area contributed by atoms with Crippen LogP contribution < -0.4 is 0 Å². The van der Waals surface area contributed by atoms with E-state index < -0.39 is 11.9 Å². The summed E-state index contributed by atoms with van der Waals surface area (Å²) in [5.41, 5.74) is 1.48. The highest BCUT2D eigenvalue weighted by molar-refractivity contribution is 6.32. The maximum absolute atomic E-state index is 11.8. The van der Waals surface area contributed by atoms with Crippen LogP contribution in [0.4, 0.5) is 0 Å². The Hall–Kier alpha value is -2.60. The van der Waals surface area contributed by atoms with Crippen molar-refractivity contribution in [3.63, 3.8) is 0 Å². The van der Waals surface area contributed by atoms with E-state index in [0.717, 1.165) is 5.56 Å². The van der Waals surface area contributed by atoms with Crippen LogP contribution in [0.15, 0.2) is 42.8 Å². The average Bonchev–Trinajstić information content (AvgIpc) is 2.88. The number of allylic oxidation sites excluding steroid dienone is 1. The Balaban J connectivity index is 2.15. The summed E-state index contributed by atoms with van der Waals surface area (Å²) in [5, 5.41) is 4.25. The third-order valence-corrected chi connectivity index (χ3v) is 3.37. The van der Waals surface area contributed by atoms with Gasteiger partial charge in [-0.15, -0.1) is 0 Å². The molecule has 1 heterocycles. The monoisotopic (exact) mass is 334 g/mol. The summed E-state index contributed by atoms with van der Waals surface area (Å²) in [6.07, 6.45) is 1.34. The lowest BCUT2D eigenvalue weighted by Gasteiger charge is -2.06. The molecule has 0 aliphatic rings. The van der Waals surface area contributed by atoms with Crippen molar-refractivity contribution in [1.29, 1.82) is 0 Å². The van der Waals surface area contributed by atoms with E-state index in [9.17, 15) is 9.59 Å². The molecular formula is C16H15ClN2O4. The fourth-order valence-corrected chi connectivity index (χ4v) is 2.10. The predicted octanol–water partition coefficient (Wildman–Crippen LogP) is 3.06. The number of esters is 2. The van der Waals surface area contributed by atoms with E-state index in [4.69, 9.17) is 16.3 Å². The van der Waals surface area contributed by atoms with Crippen LogP contribution in [0.1, 0.15) is 33.2 Å². The first-order valence-electron chi connectivity index (χ1n) is 6.68. The fraction of sp³-hybridized carbons (Fsp3) is 0.188. The number of benzene rings is 1. The minimum atomic E-state index is -0.602. The Labute approximate surface area is 138 Å². The lowest BCUT2D eigenvalue weighted by atomic mass is 10.1. The molecule has 1 aromatic heterocycles. The third-order valence-electron chi connectivity index (χ3n) is 2.97. The van der Waals surface area contributed by atoms with Crippen LogP contribution in [0.25, 0.3) is 0 Å². The smallest absolute Gasteiger partial charge is 0.347 e. The topological polar surface area (TPSA) is 70.4 Å². The molecule has 0 saturated heterocycles. The summed E-state index contributed by atoms with van der Waals surface area (Å²) in [4.78, 5) is 23.2. The van der Waals surface area contributed by atoms with Crippen molar-refractivity contribution in [3.05, 3.63) is 64.6 Å². The summed E-state index contributed by atoms with van der Waals surface area (Å²) < 4.78 is 11.0. The molecule has 2 rings (SSSR count). The summed E-state index contributed by atoms with van der Waals surface area (Å²) in [6, 6.07) is 6.82. The van der Waals surface area contributed by atoms with Crippen LogP contribution in [0.5, 0.6) is 0 Å². The number of rotatable bonds is 5. The number of carbonyl (C=O) groups excluding carboxylic acids is 2. The maximum atomic E-state index is 11.8. The Bertz CT molecular complexity index is 750. The molecule has 0 N–H and O–H groups in total. The van der Waals surface area contributed by atoms with Crippen LogP contribution in [0, 0.1) is 0 Å². The zero-order chi connectivity index (χ0) is 17.0. The molecule has 0 fully saturated rings. The van der Waals surface area contributed by atoms with E-state index in [1.165, 1.54) is 18.0 Å². The lowest BCUT2D eigenvalue weighted by molar-refractivity contribution is 0.0597. The molecule has 0 spiro atoms. The summed E-state index contributed by atoms with van der Waals surface area (Å²) >= 11 is 6.15. The highest BCUT2D eigenvalue weighted by Crippen LogP contribution is 2.19. The van der Waals surface area contributed by atoms with E-state index in [1.54, 1.807) is 31.2 Å². The lowest BCUT2D eigenvalue weighted by Crippen LogP contribution is -2.06. The number of ether oxygens (including phenoxy) is 2. The van der Waals surface area contributed by atoms with Gasteiger partial charge in [0.2, 0.25) is 0 Å². The van der Waals surface area contributed by atoms with E-state index in [1.807, 2.05) is 0 Å². The molecule has 0 saturated carbocycles. The average molecular weight is 335 g/mol. The number of halogens is 1. The number of nitrogens with zero attached hydrogens (tertiary/aromatic N) is 2. The summed E-state index contributed by atoms with van der Waals surface area (Å²) in [6.45, 7) is 5.42. The quantitative estimate of drug-likeness (QED) is 0.621. The van der Waals surface area contributed by atoms with Gasteiger partial charge in [-0.25, -0.2) is 14.3 Å². The van der Waals surface area contributed by atoms with E-state index >= 15 is 0 Å². The Kier molecular flexibility index (Phi) is 5.18. The van der Waals surface area contributed by atoms with Crippen molar-refractivity contribution in [3.8, 4) is 0 Å². The van der Waals surface area contributed by atoms with Crippen molar-refractivity contribution in [2.24, 2.45) is 0 Å². The summed E-state index contributed by atoms with van der Waals surface area (Å²) in [5.74, 6) is -0.731. The standard InChI is InChI=1S/C16H15ClN2O4/c1-10(2)23-16(21)13-8-18-19(14(13)17)9-11-4-6-12(7-5-11)15(20)22-3/h4-8H,1,9H2,2-3H3. The van der Waals surface area contributed by atoms with Crippen molar-refractivity contribution < 1.29 is 19.1 Å². The van der Waals surface area contributed by atoms with Crippen molar-refractivity contribution in [2.75, 3.05) is 7.11 Å². The highest BCUT2D eigenvalue weighted by Gasteiger charge is 2.18. The van der Waals surface area contributed by atoms with Crippen LogP contribution in [0.2, 0.25) is 5.15 Å². The number of hydrogen-bond acceptors (Lipinski definition) is 5. The minimum Gasteiger partial charge on any atom is -0.465 e. The third kappa shape index (κ3) is 3.98. The van der Waals surface area contributed by atoms with Gasteiger partial charge in [0, 0.05) is 0 Å². The zero-order valence-electron chi connectivity index (χ0n) is 12.7. The Morgan fingerprint density at radius 1 is 1.26 bits per heavy atom. The molecule has 0 amide bonds. The molecule has 120 valence electrons. The minimum absolute atomic E-state index is 0.167. The van der Waals surface area contributed by atoms with Gasteiger partial charge in [0.15, 0.2) is 0 Å². The van der Waals surface area contributed by atoms with Crippen LogP contribution in [0.3, 0.4) is 0 Å². The molecule has 1 aromatic carbocycles. The first kappa shape index (κ1) is 16.8. The molecule has 0 atom stereocenters. The van der Waals surface area contributed by atoms with E-state index in [0.29, 0.717) is 12.1 Å². The van der Waals surface area contributed by atoms with E-state index in [-0.39, 0.29) is 16.5 Å². The van der Waals surface area contributed by atoms with Crippen LogP contribution in [-0.2, 0) is 16.0 Å². The molecule has 0 radical (unpaired) electrons. The first-order valence-corrected chi connectivity index (χ1v) is 7.06. The van der Waals surface area contributed by atoms with Gasteiger partial charge in [0.25, 0.3) is 0 Å². The molecular weight excluding hydrogens is 320 g/mol. The van der Waals surface area contributed by atoms with E-state index in [2.05, 4.69) is 16.4 Å². The molecule has 0 unspecified atom stereocenters.